The van der Waals surface area contributed by atoms with Gasteiger partial charge in [-0.2, -0.15) is 0 Å². The molecule has 102 valence electrons. The first-order chi connectivity index (χ1) is 8.04. The van der Waals surface area contributed by atoms with Crippen LogP contribution in [0, 0.1) is 0 Å². The average molecular weight is 356 g/mol. The highest BCUT2D eigenvalue weighted by atomic mass is 127. The number of hydrogen-bond donors (Lipinski definition) is 0. The molecule has 3 nitrogen and oxygen atoms in total. The van der Waals surface area contributed by atoms with Crippen LogP contribution in [0.25, 0.3) is 0 Å². The van der Waals surface area contributed by atoms with Crippen molar-refractivity contribution in [3.05, 3.63) is 0 Å². The van der Waals surface area contributed by atoms with Crippen molar-refractivity contribution in [1.29, 1.82) is 0 Å². The smallest absolute Gasteiger partial charge is 0.191 e. The molecule has 1 aliphatic rings. The molecule has 4 heteroatoms. The Morgan fingerprint density at radius 3 is 2.35 bits per heavy atom. The largest absolute Gasteiger partial charge is 0.347 e. The fourth-order valence-corrected chi connectivity index (χ4v) is 2.02. The molecule has 1 aliphatic heterocycles. The fourth-order valence-electron chi connectivity index (χ4n) is 1.74. The maximum Gasteiger partial charge on any atom is 0.191 e. The monoisotopic (exact) mass is 356 g/mol. The van der Waals surface area contributed by atoms with Crippen LogP contribution in [0.5, 0.6) is 0 Å². The molecule has 0 aliphatic carbocycles. The third-order valence-electron chi connectivity index (χ3n) is 3.02. The maximum absolute atomic E-state index is 5.67. The summed E-state index contributed by atoms with van der Waals surface area (Å²) in [6.45, 7) is 7.11. The standard InChI is InChI=1S/C13H25IO3/c1-4-5-6-7-8-9-12-15-10-11(16-17-12)13(2,3)14/h11-12H,4-10H2,1-3H3. The van der Waals surface area contributed by atoms with Crippen LogP contribution >= 0.6 is 22.6 Å². The second-order valence-electron chi connectivity index (χ2n) is 5.21. The summed E-state index contributed by atoms with van der Waals surface area (Å²) in [5.74, 6) is 0. The Labute approximate surface area is 119 Å². The zero-order valence-electron chi connectivity index (χ0n) is 11.2. The quantitative estimate of drug-likeness (QED) is 0.296. The number of halogens is 1. The van der Waals surface area contributed by atoms with Gasteiger partial charge >= 0.3 is 0 Å². The van der Waals surface area contributed by atoms with Gasteiger partial charge in [0.05, 0.1) is 6.61 Å². The number of ether oxygens (including phenoxy) is 1. The highest BCUT2D eigenvalue weighted by Gasteiger charge is 2.34. The maximum atomic E-state index is 5.67. The Bertz CT molecular complexity index is 195. The summed E-state index contributed by atoms with van der Waals surface area (Å²) in [4.78, 5) is 10.7. The molecule has 0 amide bonds. The van der Waals surface area contributed by atoms with E-state index in [1.54, 1.807) is 0 Å². The summed E-state index contributed by atoms with van der Waals surface area (Å²) in [5, 5.41) is 0. The molecule has 1 saturated heterocycles. The van der Waals surface area contributed by atoms with Gasteiger partial charge in [-0.1, -0.05) is 55.2 Å². The fraction of sp³-hybridized carbons (Fsp3) is 1.00. The minimum Gasteiger partial charge on any atom is -0.347 e. The number of unbranched alkanes of at least 4 members (excludes halogenated alkanes) is 4. The van der Waals surface area contributed by atoms with E-state index in [2.05, 4.69) is 43.4 Å². The highest BCUT2D eigenvalue weighted by molar-refractivity contribution is 14.1. The average Bonchev–Trinajstić information content (AvgIpc) is 2.28. The Morgan fingerprint density at radius 2 is 1.82 bits per heavy atom. The van der Waals surface area contributed by atoms with Crippen LogP contribution in [0.1, 0.15) is 59.3 Å². The summed E-state index contributed by atoms with van der Waals surface area (Å²) in [6, 6.07) is 0. The van der Waals surface area contributed by atoms with Crippen LogP contribution in [0.3, 0.4) is 0 Å². The van der Waals surface area contributed by atoms with Gasteiger partial charge in [-0.15, -0.1) is 0 Å². The molecule has 2 atom stereocenters. The van der Waals surface area contributed by atoms with Crippen molar-refractivity contribution >= 4 is 22.6 Å². The Balaban J connectivity index is 2.07. The Morgan fingerprint density at radius 1 is 1.12 bits per heavy atom. The van der Waals surface area contributed by atoms with Crippen molar-refractivity contribution in [2.75, 3.05) is 6.61 Å². The zero-order valence-corrected chi connectivity index (χ0v) is 13.4. The predicted octanol–water partition coefficient (Wildman–Crippen LogP) is 4.23. The first kappa shape index (κ1) is 15.7. The Hall–Kier alpha value is 0.610. The lowest BCUT2D eigenvalue weighted by atomic mass is 10.1. The molecule has 0 aromatic carbocycles. The Kier molecular flexibility index (Phi) is 7.30. The normalized spacial score (nSPS) is 26.1. The molecule has 1 heterocycles. The zero-order chi connectivity index (χ0) is 12.7. The molecule has 0 saturated carbocycles. The molecular formula is C13H25IO3. The summed E-state index contributed by atoms with van der Waals surface area (Å²) < 4.78 is 5.72. The van der Waals surface area contributed by atoms with E-state index in [-0.39, 0.29) is 15.8 Å². The van der Waals surface area contributed by atoms with Crippen LogP contribution in [0.15, 0.2) is 0 Å². The lowest BCUT2D eigenvalue weighted by molar-refractivity contribution is -0.443. The van der Waals surface area contributed by atoms with Gasteiger partial charge in [0.1, 0.15) is 6.10 Å². The van der Waals surface area contributed by atoms with E-state index in [1.165, 1.54) is 25.7 Å². The van der Waals surface area contributed by atoms with Crippen LogP contribution in [-0.2, 0) is 14.5 Å². The van der Waals surface area contributed by atoms with Crippen LogP contribution in [0.2, 0.25) is 0 Å². The number of rotatable bonds is 7. The van der Waals surface area contributed by atoms with Crippen molar-refractivity contribution in [3.63, 3.8) is 0 Å². The predicted molar refractivity (Wildman–Crippen MR) is 77.2 cm³/mol. The van der Waals surface area contributed by atoms with Gasteiger partial charge in [0.15, 0.2) is 6.29 Å². The van der Waals surface area contributed by atoms with E-state index in [1.807, 2.05) is 0 Å². The third-order valence-corrected chi connectivity index (χ3v) is 3.72. The highest BCUT2D eigenvalue weighted by Crippen LogP contribution is 2.28. The summed E-state index contributed by atoms with van der Waals surface area (Å²) >= 11 is 2.36. The minimum absolute atomic E-state index is 0.0273. The van der Waals surface area contributed by atoms with Gasteiger partial charge in [-0.25, -0.2) is 9.78 Å². The molecule has 0 aromatic rings. The van der Waals surface area contributed by atoms with E-state index >= 15 is 0 Å². The molecule has 1 rings (SSSR count). The molecule has 0 radical (unpaired) electrons. The lowest BCUT2D eigenvalue weighted by Gasteiger charge is -2.34. The molecular weight excluding hydrogens is 331 g/mol. The van der Waals surface area contributed by atoms with Crippen molar-refractivity contribution in [2.45, 2.75) is 75.1 Å². The van der Waals surface area contributed by atoms with Gasteiger partial charge in [0.25, 0.3) is 0 Å². The van der Waals surface area contributed by atoms with Crippen LogP contribution in [-0.4, -0.2) is 22.4 Å². The van der Waals surface area contributed by atoms with Gasteiger partial charge in [-0.3, -0.25) is 0 Å². The van der Waals surface area contributed by atoms with Crippen LogP contribution < -0.4 is 0 Å². The first-order valence-corrected chi connectivity index (χ1v) is 7.74. The van der Waals surface area contributed by atoms with E-state index in [9.17, 15) is 0 Å². The lowest BCUT2D eigenvalue weighted by Crippen LogP contribution is -2.43. The third kappa shape index (κ3) is 6.36. The topological polar surface area (TPSA) is 27.7 Å². The van der Waals surface area contributed by atoms with Crippen molar-refractivity contribution < 1.29 is 14.5 Å². The first-order valence-electron chi connectivity index (χ1n) is 6.66. The molecule has 0 bridgehead atoms. The number of alkyl halides is 1. The van der Waals surface area contributed by atoms with Crippen molar-refractivity contribution in [1.82, 2.24) is 0 Å². The van der Waals surface area contributed by atoms with Crippen LogP contribution in [0.4, 0.5) is 0 Å². The SMILES string of the molecule is CCCCCCCC1OCC(C(C)(C)I)OO1. The molecule has 0 spiro atoms. The molecule has 0 N–H and O–H groups in total. The summed E-state index contributed by atoms with van der Waals surface area (Å²) in [7, 11) is 0. The molecule has 2 unspecified atom stereocenters. The van der Waals surface area contributed by atoms with Crippen molar-refractivity contribution in [3.8, 4) is 0 Å². The molecule has 17 heavy (non-hydrogen) atoms. The second-order valence-corrected chi connectivity index (χ2v) is 7.99. The van der Waals surface area contributed by atoms with Gasteiger partial charge < -0.3 is 4.74 Å². The van der Waals surface area contributed by atoms with E-state index in [0.29, 0.717) is 6.61 Å². The second kappa shape index (κ2) is 7.92. The van der Waals surface area contributed by atoms with E-state index in [4.69, 9.17) is 14.5 Å². The van der Waals surface area contributed by atoms with E-state index in [0.717, 1.165) is 12.8 Å². The van der Waals surface area contributed by atoms with Gasteiger partial charge in [0.2, 0.25) is 0 Å². The number of hydrogen-bond acceptors (Lipinski definition) is 3. The van der Waals surface area contributed by atoms with Gasteiger partial charge in [0, 0.05) is 9.84 Å². The summed E-state index contributed by atoms with van der Waals surface area (Å²) in [5.41, 5.74) is 0. The van der Waals surface area contributed by atoms with Crippen molar-refractivity contribution in [2.24, 2.45) is 0 Å². The van der Waals surface area contributed by atoms with Gasteiger partial charge in [-0.05, 0) is 20.3 Å². The summed E-state index contributed by atoms with van der Waals surface area (Å²) in [6.07, 6.45) is 7.15. The van der Waals surface area contributed by atoms with E-state index < -0.39 is 0 Å². The minimum atomic E-state index is -0.161. The molecule has 1 fully saturated rings. The molecule has 0 aromatic heterocycles.